The predicted octanol–water partition coefficient (Wildman–Crippen LogP) is 0.117. The molecule has 2 rings (SSSR count). The van der Waals surface area contributed by atoms with Crippen molar-refractivity contribution in [3.8, 4) is 0 Å². The predicted molar refractivity (Wildman–Crippen MR) is 82.2 cm³/mol. The van der Waals surface area contributed by atoms with Crippen molar-refractivity contribution in [2.24, 2.45) is 0 Å². The van der Waals surface area contributed by atoms with Gasteiger partial charge in [0.05, 0.1) is 13.2 Å². The summed E-state index contributed by atoms with van der Waals surface area (Å²) in [6.07, 6.45) is -2.23. The molecule has 0 aromatic carbocycles. The molecule has 0 unspecified atom stereocenters. The third-order valence-electron chi connectivity index (χ3n) is 4.07. The van der Waals surface area contributed by atoms with Crippen molar-refractivity contribution in [2.75, 3.05) is 13.2 Å². The maximum atomic E-state index is 11.7. The lowest BCUT2D eigenvalue weighted by atomic mass is 10.1. The summed E-state index contributed by atoms with van der Waals surface area (Å²) in [5, 5.41) is 17.1. The van der Waals surface area contributed by atoms with Gasteiger partial charge in [0.1, 0.15) is 12.2 Å². The molecule has 146 valence electrons. The van der Waals surface area contributed by atoms with Gasteiger partial charge >= 0.3 is 23.9 Å². The topological polar surface area (TPSA) is 146 Å². The SMILES string of the molecule is O=C(O)CCCC(=O)O[C@H]1CO[C@H]2[C@@H]1OC[C@H]2OC(=O)CCCC(=O)O. The summed E-state index contributed by atoms with van der Waals surface area (Å²) < 4.78 is 21.6. The number of esters is 2. The van der Waals surface area contributed by atoms with Crippen molar-refractivity contribution in [3.05, 3.63) is 0 Å². The standard InChI is InChI=1S/C16H22O10/c17-11(18)3-1-5-13(21)25-9-7-23-16-10(8-24-15(9)16)26-14(22)6-2-4-12(19)20/h9-10,15-16H,1-8H2,(H,17,18)(H,19,20)/t9-,10+,15-,16-/m1/s1. The Morgan fingerprint density at radius 3 is 1.46 bits per heavy atom. The summed E-state index contributed by atoms with van der Waals surface area (Å²) in [7, 11) is 0. The van der Waals surface area contributed by atoms with Crippen LogP contribution in [0.25, 0.3) is 0 Å². The molecule has 2 heterocycles. The van der Waals surface area contributed by atoms with E-state index in [0.717, 1.165) is 0 Å². The Bertz CT molecular complexity index is 497. The van der Waals surface area contributed by atoms with E-state index >= 15 is 0 Å². The molecule has 4 atom stereocenters. The van der Waals surface area contributed by atoms with Gasteiger partial charge in [-0.15, -0.1) is 0 Å². The maximum Gasteiger partial charge on any atom is 0.306 e. The molecule has 0 aromatic rings. The van der Waals surface area contributed by atoms with Crippen LogP contribution in [0.15, 0.2) is 0 Å². The number of carboxylic acids is 2. The third-order valence-corrected chi connectivity index (χ3v) is 4.07. The van der Waals surface area contributed by atoms with Crippen LogP contribution in [0.2, 0.25) is 0 Å². The molecule has 0 spiro atoms. The molecular formula is C16H22O10. The molecule has 2 N–H and O–H groups in total. The molecule has 2 saturated heterocycles. The van der Waals surface area contributed by atoms with E-state index in [-0.39, 0.29) is 51.7 Å². The van der Waals surface area contributed by atoms with Crippen LogP contribution in [0.5, 0.6) is 0 Å². The van der Waals surface area contributed by atoms with Crippen LogP contribution in [-0.4, -0.2) is 71.7 Å². The van der Waals surface area contributed by atoms with Crippen molar-refractivity contribution in [2.45, 2.75) is 62.9 Å². The van der Waals surface area contributed by atoms with Crippen LogP contribution >= 0.6 is 0 Å². The lowest BCUT2D eigenvalue weighted by Gasteiger charge is -2.17. The highest BCUT2D eigenvalue weighted by Crippen LogP contribution is 2.31. The quantitative estimate of drug-likeness (QED) is 0.505. The molecule has 0 aromatic heterocycles. The van der Waals surface area contributed by atoms with E-state index in [2.05, 4.69) is 0 Å². The fraction of sp³-hybridized carbons (Fsp3) is 0.750. The van der Waals surface area contributed by atoms with E-state index in [0.29, 0.717) is 0 Å². The Morgan fingerprint density at radius 2 is 1.12 bits per heavy atom. The van der Waals surface area contributed by atoms with Crippen LogP contribution in [0.4, 0.5) is 0 Å². The first kappa shape index (κ1) is 20.1. The van der Waals surface area contributed by atoms with Crippen LogP contribution < -0.4 is 0 Å². The molecule has 0 radical (unpaired) electrons. The molecule has 10 nitrogen and oxygen atoms in total. The number of ether oxygens (including phenoxy) is 4. The number of hydrogen-bond donors (Lipinski definition) is 2. The smallest absolute Gasteiger partial charge is 0.306 e. The van der Waals surface area contributed by atoms with Crippen LogP contribution in [0.3, 0.4) is 0 Å². The summed E-state index contributed by atoms with van der Waals surface area (Å²) in [6, 6.07) is 0. The summed E-state index contributed by atoms with van der Waals surface area (Å²) >= 11 is 0. The molecule has 0 amide bonds. The molecule has 0 aliphatic carbocycles. The van der Waals surface area contributed by atoms with E-state index < -0.39 is 48.3 Å². The maximum absolute atomic E-state index is 11.7. The van der Waals surface area contributed by atoms with Gasteiger partial charge in [-0.2, -0.15) is 0 Å². The fourth-order valence-electron chi connectivity index (χ4n) is 2.85. The van der Waals surface area contributed by atoms with Crippen molar-refractivity contribution in [3.63, 3.8) is 0 Å². The molecule has 2 fully saturated rings. The van der Waals surface area contributed by atoms with E-state index in [4.69, 9.17) is 29.2 Å². The molecular weight excluding hydrogens is 352 g/mol. The van der Waals surface area contributed by atoms with E-state index in [1.165, 1.54) is 0 Å². The second kappa shape index (κ2) is 9.48. The van der Waals surface area contributed by atoms with Gasteiger partial charge in [-0.25, -0.2) is 0 Å². The molecule has 2 aliphatic rings. The minimum absolute atomic E-state index is 0.0117. The van der Waals surface area contributed by atoms with Crippen LogP contribution in [0.1, 0.15) is 38.5 Å². The zero-order valence-corrected chi connectivity index (χ0v) is 14.1. The summed E-state index contributed by atoms with van der Waals surface area (Å²) in [4.78, 5) is 44.4. The van der Waals surface area contributed by atoms with Crippen molar-refractivity contribution in [1.29, 1.82) is 0 Å². The van der Waals surface area contributed by atoms with Gasteiger partial charge in [-0.1, -0.05) is 0 Å². The molecule has 0 saturated carbocycles. The highest BCUT2D eigenvalue weighted by Gasteiger charge is 2.51. The minimum Gasteiger partial charge on any atom is -0.481 e. The monoisotopic (exact) mass is 374 g/mol. The Kier molecular flexibility index (Phi) is 7.34. The normalized spacial score (nSPS) is 26.9. The first-order valence-electron chi connectivity index (χ1n) is 8.42. The van der Waals surface area contributed by atoms with Gasteiger partial charge in [0.15, 0.2) is 12.2 Å². The van der Waals surface area contributed by atoms with Crippen LogP contribution in [-0.2, 0) is 38.1 Å². The number of hydrogen-bond acceptors (Lipinski definition) is 8. The van der Waals surface area contributed by atoms with E-state index in [1.807, 2.05) is 0 Å². The summed E-state index contributed by atoms with van der Waals surface area (Å²) in [6.45, 7) is 0.208. The largest absolute Gasteiger partial charge is 0.481 e. The minimum atomic E-state index is -0.978. The van der Waals surface area contributed by atoms with Crippen molar-refractivity contribution < 1.29 is 48.3 Å². The first-order valence-corrected chi connectivity index (χ1v) is 8.42. The lowest BCUT2D eigenvalue weighted by molar-refractivity contribution is -0.155. The number of rotatable bonds is 10. The molecule has 10 heteroatoms. The second-order valence-corrected chi connectivity index (χ2v) is 6.15. The zero-order valence-electron chi connectivity index (χ0n) is 14.1. The Labute approximate surface area is 149 Å². The second-order valence-electron chi connectivity index (χ2n) is 6.15. The van der Waals surface area contributed by atoms with Gasteiger partial charge in [0, 0.05) is 25.7 Å². The summed E-state index contributed by atoms with van der Waals surface area (Å²) in [5.41, 5.74) is 0. The lowest BCUT2D eigenvalue weighted by Crippen LogP contribution is -2.36. The average molecular weight is 374 g/mol. The van der Waals surface area contributed by atoms with Gasteiger partial charge in [-0.05, 0) is 12.8 Å². The number of carbonyl (C=O) groups excluding carboxylic acids is 2. The van der Waals surface area contributed by atoms with Gasteiger partial charge in [-0.3, -0.25) is 19.2 Å². The summed E-state index contributed by atoms with van der Waals surface area (Å²) in [5.74, 6) is -3.01. The Hall–Kier alpha value is -2.20. The highest BCUT2D eigenvalue weighted by molar-refractivity contribution is 5.72. The number of carboxylic acid groups (broad SMARTS) is 2. The number of aliphatic carboxylic acids is 2. The number of carbonyl (C=O) groups is 4. The molecule has 0 bridgehead atoms. The molecule has 26 heavy (non-hydrogen) atoms. The fourth-order valence-corrected chi connectivity index (χ4v) is 2.85. The van der Waals surface area contributed by atoms with E-state index in [1.54, 1.807) is 0 Å². The van der Waals surface area contributed by atoms with Crippen LogP contribution in [0, 0.1) is 0 Å². The number of fused-ring (bicyclic) bond motifs is 1. The van der Waals surface area contributed by atoms with E-state index in [9.17, 15) is 19.2 Å². The third kappa shape index (κ3) is 5.95. The highest BCUT2D eigenvalue weighted by atomic mass is 16.7. The van der Waals surface area contributed by atoms with Crippen molar-refractivity contribution in [1.82, 2.24) is 0 Å². The Morgan fingerprint density at radius 1 is 0.731 bits per heavy atom. The average Bonchev–Trinajstić information content (AvgIpc) is 3.10. The first-order chi connectivity index (χ1) is 12.4. The van der Waals surface area contributed by atoms with Crippen molar-refractivity contribution >= 4 is 23.9 Å². The Balaban J connectivity index is 1.72. The van der Waals surface area contributed by atoms with Gasteiger partial charge in [0.2, 0.25) is 0 Å². The van der Waals surface area contributed by atoms with Gasteiger partial charge in [0.25, 0.3) is 0 Å². The zero-order chi connectivity index (χ0) is 19.1. The molecule has 2 aliphatic heterocycles. The van der Waals surface area contributed by atoms with Gasteiger partial charge < -0.3 is 29.2 Å².